The second-order valence-electron chi connectivity index (χ2n) is 6.21. The van der Waals surface area contributed by atoms with E-state index in [0.717, 1.165) is 6.42 Å². The number of carbonyl (C=O) groups excluding carboxylic acids is 1. The lowest BCUT2D eigenvalue weighted by atomic mass is 10.2. The third kappa shape index (κ3) is 7.12. The maximum atomic E-state index is 12.4. The molecule has 29 heavy (non-hydrogen) atoms. The highest BCUT2D eigenvalue weighted by Crippen LogP contribution is 2.15. The Bertz CT molecular complexity index is 944. The molecule has 0 aliphatic heterocycles. The van der Waals surface area contributed by atoms with Crippen LogP contribution >= 0.6 is 12.2 Å². The molecule has 3 N–H and O–H groups in total. The van der Waals surface area contributed by atoms with Gasteiger partial charge in [0.1, 0.15) is 5.75 Å². The largest absolute Gasteiger partial charge is 0.494 e. The van der Waals surface area contributed by atoms with E-state index in [4.69, 9.17) is 17.0 Å². The minimum absolute atomic E-state index is 0.106. The second-order valence-corrected chi connectivity index (χ2v) is 8.38. The molecule has 0 unspecified atom stereocenters. The zero-order valence-electron chi connectivity index (χ0n) is 16.4. The van der Waals surface area contributed by atoms with Gasteiger partial charge in [0.25, 0.3) is 5.91 Å². The van der Waals surface area contributed by atoms with Gasteiger partial charge in [0.2, 0.25) is 10.0 Å². The Morgan fingerprint density at radius 3 is 2.45 bits per heavy atom. The van der Waals surface area contributed by atoms with E-state index in [1.807, 2.05) is 13.8 Å². The summed E-state index contributed by atoms with van der Waals surface area (Å²) in [6.07, 6.45) is 1.58. The average Bonchev–Trinajstić information content (AvgIpc) is 2.71. The van der Waals surface area contributed by atoms with E-state index in [-0.39, 0.29) is 15.9 Å². The lowest BCUT2D eigenvalue weighted by molar-refractivity contribution is 0.0977. The number of benzene rings is 2. The molecule has 0 saturated carbocycles. The van der Waals surface area contributed by atoms with E-state index >= 15 is 0 Å². The van der Waals surface area contributed by atoms with Gasteiger partial charge in [0.05, 0.1) is 11.5 Å². The van der Waals surface area contributed by atoms with Crippen molar-refractivity contribution in [1.29, 1.82) is 0 Å². The van der Waals surface area contributed by atoms with Crippen LogP contribution in [-0.2, 0) is 10.0 Å². The van der Waals surface area contributed by atoms with Gasteiger partial charge >= 0.3 is 0 Å². The molecule has 1 amide bonds. The fourth-order valence-electron chi connectivity index (χ4n) is 2.32. The van der Waals surface area contributed by atoms with Gasteiger partial charge in [-0.05, 0) is 67.5 Å². The number of rotatable bonds is 9. The zero-order valence-corrected chi connectivity index (χ0v) is 18.0. The van der Waals surface area contributed by atoms with Crippen molar-refractivity contribution in [3.63, 3.8) is 0 Å². The van der Waals surface area contributed by atoms with Crippen molar-refractivity contribution in [2.45, 2.75) is 31.6 Å². The lowest BCUT2D eigenvalue weighted by Gasteiger charge is -2.11. The quantitative estimate of drug-likeness (QED) is 0.523. The fraction of sp³-hybridized carbons (Fsp3) is 0.300. The van der Waals surface area contributed by atoms with Crippen molar-refractivity contribution in [3.8, 4) is 5.75 Å². The first-order valence-electron chi connectivity index (χ1n) is 9.30. The van der Waals surface area contributed by atoms with Crippen LogP contribution in [0.3, 0.4) is 0 Å². The topological polar surface area (TPSA) is 96.5 Å². The predicted octanol–water partition coefficient (Wildman–Crippen LogP) is 3.29. The summed E-state index contributed by atoms with van der Waals surface area (Å²) < 4.78 is 32.2. The van der Waals surface area contributed by atoms with Crippen LogP contribution in [0, 0.1) is 0 Å². The van der Waals surface area contributed by atoms with Gasteiger partial charge in [0.15, 0.2) is 5.11 Å². The molecule has 0 fully saturated rings. The van der Waals surface area contributed by atoms with Crippen molar-refractivity contribution in [2.24, 2.45) is 0 Å². The minimum Gasteiger partial charge on any atom is -0.494 e. The maximum absolute atomic E-state index is 12.4. The Labute approximate surface area is 176 Å². The highest BCUT2D eigenvalue weighted by Gasteiger charge is 2.13. The molecule has 9 heteroatoms. The smallest absolute Gasteiger partial charge is 0.257 e. The highest BCUT2D eigenvalue weighted by molar-refractivity contribution is 7.89. The normalized spacial score (nSPS) is 11.0. The predicted molar refractivity (Wildman–Crippen MR) is 118 cm³/mol. The van der Waals surface area contributed by atoms with Gasteiger partial charge in [-0.2, -0.15) is 0 Å². The average molecular weight is 436 g/mol. The third-order valence-corrected chi connectivity index (χ3v) is 5.44. The molecule has 0 aliphatic rings. The number of carbonyl (C=O) groups is 1. The number of hydrogen-bond acceptors (Lipinski definition) is 5. The van der Waals surface area contributed by atoms with Crippen LogP contribution < -0.4 is 20.1 Å². The molecule has 0 bridgehead atoms. The number of anilines is 1. The zero-order chi connectivity index (χ0) is 21.3. The number of sulfonamides is 1. The number of thiocarbonyl (C=S) groups is 1. The highest BCUT2D eigenvalue weighted by atomic mass is 32.2. The summed E-state index contributed by atoms with van der Waals surface area (Å²) in [4.78, 5) is 12.5. The van der Waals surface area contributed by atoms with Gasteiger partial charge in [-0.25, -0.2) is 13.1 Å². The molecule has 0 aromatic heterocycles. The van der Waals surface area contributed by atoms with Crippen LogP contribution in [0.1, 0.15) is 37.0 Å². The number of nitrogens with one attached hydrogen (secondary N) is 3. The lowest BCUT2D eigenvalue weighted by Crippen LogP contribution is -2.34. The first kappa shape index (κ1) is 22.8. The minimum atomic E-state index is -3.53. The maximum Gasteiger partial charge on any atom is 0.257 e. The Kier molecular flexibility index (Phi) is 8.56. The molecule has 0 radical (unpaired) electrons. The Hall–Kier alpha value is -2.49. The van der Waals surface area contributed by atoms with E-state index in [2.05, 4.69) is 15.4 Å². The van der Waals surface area contributed by atoms with Crippen LogP contribution in [0.5, 0.6) is 5.75 Å². The van der Waals surface area contributed by atoms with Crippen LogP contribution in [0.25, 0.3) is 0 Å². The fourth-order valence-corrected chi connectivity index (χ4v) is 3.67. The summed E-state index contributed by atoms with van der Waals surface area (Å²) in [5.74, 6) is 0.249. The number of hydrogen-bond donors (Lipinski definition) is 3. The van der Waals surface area contributed by atoms with Gasteiger partial charge in [-0.3, -0.25) is 10.1 Å². The Morgan fingerprint density at radius 1 is 1.07 bits per heavy atom. The molecule has 0 heterocycles. The summed E-state index contributed by atoms with van der Waals surface area (Å²) in [5, 5.41) is 5.57. The molecule has 7 nitrogen and oxygen atoms in total. The van der Waals surface area contributed by atoms with E-state index in [1.54, 1.807) is 36.4 Å². The molecular weight excluding hydrogens is 410 g/mol. The van der Waals surface area contributed by atoms with Crippen molar-refractivity contribution >= 4 is 38.9 Å². The molecule has 0 spiro atoms. The van der Waals surface area contributed by atoms with E-state index in [1.165, 1.54) is 12.1 Å². The Balaban J connectivity index is 1.96. The SMILES string of the molecule is CCCNS(=O)(=O)c1ccc(NC(=S)NC(=O)c2cccc(OCCC)c2)cc1. The summed E-state index contributed by atoms with van der Waals surface area (Å²) in [6.45, 7) is 4.84. The van der Waals surface area contributed by atoms with E-state index in [9.17, 15) is 13.2 Å². The monoisotopic (exact) mass is 435 g/mol. The van der Waals surface area contributed by atoms with Crippen molar-refractivity contribution < 1.29 is 17.9 Å². The summed E-state index contributed by atoms with van der Waals surface area (Å²) in [7, 11) is -3.53. The van der Waals surface area contributed by atoms with Gasteiger partial charge in [-0.1, -0.05) is 19.9 Å². The first-order chi connectivity index (χ1) is 13.9. The molecule has 0 atom stereocenters. The molecule has 0 saturated heterocycles. The van der Waals surface area contributed by atoms with Crippen LogP contribution in [0.4, 0.5) is 5.69 Å². The third-order valence-electron chi connectivity index (χ3n) is 3.76. The van der Waals surface area contributed by atoms with Gasteiger partial charge < -0.3 is 10.1 Å². The second kappa shape index (κ2) is 10.9. The van der Waals surface area contributed by atoms with Crippen LogP contribution in [0.15, 0.2) is 53.4 Å². The van der Waals surface area contributed by atoms with Crippen LogP contribution in [0.2, 0.25) is 0 Å². The first-order valence-corrected chi connectivity index (χ1v) is 11.2. The number of ether oxygens (including phenoxy) is 1. The van der Waals surface area contributed by atoms with Gasteiger partial charge in [-0.15, -0.1) is 0 Å². The van der Waals surface area contributed by atoms with Gasteiger partial charge in [0, 0.05) is 17.8 Å². The van der Waals surface area contributed by atoms with Crippen LogP contribution in [-0.4, -0.2) is 32.6 Å². The summed E-state index contributed by atoms with van der Waals surface area (Å²) >= 11 is 5.17. The molecule has 156 valence electrons. The summed E-state index contributed by atoms with van der Waals surface area (Å²) in [6, 6.07) is 12.9. The molecule has 2 rings (SSSR count). The summed E-state index contributed by atoms with van der Waals surface area (Å²) in [5.41, 5.74) is 0.982. The molecule has 2 aromatic carbocycles. The Morgan fingerprint density at radius 2 is 1.79 bits per heavy atom. The van der Waals surface area contributed by atoms with E-state index in [0.29, 0.717) is 36.6 Å². The van der Waals surface area contributed by atoms with Crippen molar-refractivity contribution in [2.75, 3.05) is 18.5 Å². The van der Waals surface area contributed by atoms with Crippen molar-refractivity contribution in [3.05, 3.63) is 54.1 Å². The number of amides is 1. The molecule has 0 aliphatic carbocycles. The standard InChI is InChI=1S/C20H25N3O4S2/c1-3-12-21-29(25,26)18-10-8-16(9-11-18)22-20(28)23-19(24)15-6-5-7-17(14-15)27-13-4-2/h5-11,14,21H,3-4,12-13H2,1-2H3,(H2,22,23,24,28). The molecule has 2 aromatic rings. The van der Waals surface area contributed by atoms with Crippen molar-refractivity contribution in [1.82, 2.24) is 10.0 Å². The molecular formula is C20H25N3O4S2. The van der Waals surface area contributed by atoms with E-state index < -0.39 is 10.0 Å².